The highest BCUT2D eigenvalue weighted by atomic mass is 35.5. The van der Waals surface area contributed by atoms with Gasteiger partial charge in [-0.1, -0.05) is 30.3 Å². The third kappa shape index (κ3) is 4.63. The van der Waals surface area contributed by atoms with Gasteiger partial charge in [-0.05, 0) is 23.8 Å². The summed E-state index contributed by atoms with van der Waals surface area (Å²) in [5, 5.41) is 12.0. The van der Waals surface area contributed by atoms with Crippen molar-refractivity contribution in [1.82, 2.24) is 0 Å². The molecule has 2 aromatic rings. The Morgan fingerprint density at radius 1 is 1.00 bits per heavy atom. The van der Waals surface area contributed by atoms with Gasteiger partial charge in [-0.3, -0.25) is 0 Å². The minimum absolute atomic E-state index is 0. The standard InChI is InChI=1S/C14H16N2O.2ClH/c15-12-6-7-14(16-8-9-17)13(10-12)11-4-2-1-3-5-11;;/h1-7,10,16-17H,8-9,15H2;2*1H. The second kappa shape index (κ2) is 8.64. The molecule has 0 heterocycles. The number of rotatable bonds is 4. The summed E-state index contributed by atoms with van der Waals surface area (Å²) < 4.78 is 0. The molecule has 2 rings (SSSR count). The topological polar surface area (TPSA) is 58.3 Å². The van der Waals surface area contributed by atoms with Gasteiger partial charge < -0.3 is 16.2 Å². The zero-order chi connectivity index (χ0) is 12.1. The summed E-state index contributed by atoms with van der Waals surface area (Å²) >= 11 is 0. The van der Waals surface area contributed by atoms with E-state index in [9.17, 15) is 0 Å². The van der Waals surface area contributed by atoms with Crippen LogP contribution in [-0.2, 0) is 0 Å². The summed E-state index contributed by atoms with van der Waals surface area (Å²) in [7, 11) is 0. The molecule has 4 N–H and O–H groups in total. The Morgan fingerprint density at radius 2 is 1.68 bits per heavy atom. The highest BCUT2D eigenvalue weighted by molar-refractivity contribution is 5.85. The van der Waals surface area contributed by atoms with Crippen LogP contribution >= 0.6 is 24.8 Å². The lowest BCUT2D eigenvalue weighted by Crippen LogP contribution is -2.06. The molecule has 0 fully saturated rings. The minimum atomic E-state index is 0. The number of nitrogen functional groups attached to an aromatic ring is 1. The van der Waals surface area contributed by atoms with Crippen molar-refractivity contribution >= 4 is 36.2 Å². The highest BCUT2D eigenvalue weighted by Crippen LogP contribution is 2.29. The predicted octanol–water partition coefficient (Wildman–Crippen LogP) is 3.18. The Labute approximate surface area is 125 Å². The van der Waals surface area contributed by atoms with Crippen LogP contribution in [0.4, 0.5) is 11.4 Å². The van der Waals surface area contributed by atoms with Gasteiger partial charge in [-0.25, -0.2) is 0 Å². The molecular formula is C14H18Cl2N2O. The Balaban J connectivity index is 0.00000162. The first-order chi connectivity index (χ1) is 8.31. The Bertz CT molecular complexity index is 492. The maximum atomic E-state index is 8.86. The van der Waals surface area contributed by atoms with Crippen molar-refractivity contribution in [2.24, 2.45) is 0 Å². The van der Waals surface area contributed by atoms with Crippen LogP contribution in [0.25, 0.3) is 11.1 Å². The fourth-order valence-electron chi connectivity index (χ4n) is 1.76. The molecule has 104 valence electrons. The number of aliphatic hydroxyl groups excluding tert-OH is 1. The molecule has 5 heteroatoms. The first-order valence-corrected chi connectivity index (χ1v) is 5.61. The molecule has 0 aromatic heterocycles. The van der Waals surface area contributed by atoms with E-state index in [-0.39, 0.29) is 31.4 Å². The molecule has 0 saturated heterocycles. The van der Waals surface area contributed by atoms with Crippen LogP contribution in [0.2, 0.25) is 0 Å². The zero-order valence-corrected chi connectivity index (χ0v) is 12.0. The first kappa shape index (κ1) is 17.6. The van der Waals surface area contributed by atoms with Gasteiger partial charge in [-0.2, -0.15) is 0 Å². The summed E-state index contributed by atoms with van der Waals surface area (Å²) in [6, 6.07) is 15.8. The Kier molecular flexibility index (Phi) is 8.00. The zero-order valence-electron chi connectivity index (χ0n) is 10.4. The molecule has 0 amide bonds. The maximum Gasteiger partial charge on any atom is 0.0604 e. The number of benzene rings is 2. The van der Waals surface area contributed by atoms with Crippen LogP contribution < -0.4 is 11.1 Å². The van der Waals surface area contributed by atoms with E-state index in [1.54, 1.807) is 0 Å². The molecule has 0 aliphatic rings. The van der Waals surface area contributed by atoms with Crippen molar-refractivity contribution < 1.29 is 5.11 Å². The fraction of sp³-hybridized carbons (Fsp3) is 0.143. The van der Waals surface area contributed by atoms with Crippen molar-refractivity contribution in [1.29, 1.82) is 0 Å². The number of hydrogen-bond donors (Lipinski definition) is 3. The quantitative estimate of drug-likeness (QED) is 0.760. The number of hydrogen-bond acceptors (Lipinski definition) is 3. The fourth-order valence-corrected chi connectivity index (χ4v) is 1.76. The molecule has 0 radical (unpaired) electrons. The average Bonchev–Trinajstić information content (AvgIpc) is 2.38. The summed E-state index contributed by atoms with van der Waals surface area (Å²) in [5.74, 6) is 0. The van der Waals surface area contributed by atoms with E-state index in [1.165, 1.54) is 0 Å². The van der Waals surface area contributed by atoms with Crippen molar-refractivity contribution in [2.45, 2.75) is 0 Å². The van der Waals surface area contributed by atoms with E-state index >= 15 is 0 Å². The minimum Gasteiger partial charge on any atom is -0.399 e. The van der Waals surface area contributed by atoms with Gasteiger partial charge in [-0.15, -0.1) is 24.8 Å². The monoisotopic (exact) mass is 300 g/mol. The van der Waals surface area contributed by atoms with Crippen LogP contribution in [0, 0.1) is 0 Å². The van der Waals surface area contributed by atoms with Crippen LogP contribution in [0.5, 0.6) is 0 Å². The normalized spacial score (nSPS) is 9.11. The van der Waals surface area contributed by atoms with Crippen LogP contribution in [0.1, 0.15) is 0 Å². The van der Waals surface area contributed by atoms with Crippen molar-refractivity contribution in [3.05, 3.63) is 48.5 Å². The van der Waals surface area contributed by atoms with Crippen molar-refractivity contribution in [3.63, 3.8) is 0 Å². The third-order valence-electron chi connectivity index (χ3n) is 2.56. The highest BCUT2D eigenvalue weighted by Gasteiger charge is 2.04. The van der Waals surface area contributed by atoms with Gasteiger partial charge in [0.1, 0.15) is 0 Å². The number of nitrogens with two attached hydrogens (primary N) is 1. The van der Waals surface area contributed by atoms with E-state index < -0.39 is 0 Å². The van der Waals surface area contributed by atoms with E-state index in [0.29, 0.717) is 6.54 Å². The van der Waals surface area contributed by atoms with Crippen LogP contribution in [0.15, 0.2) is 48.5 Å². The second-order valence-corrected chi connectivity index (χ2v) is 3.82. The van der Waals surface area contributed by atoms with Crippen LogP contribution in [0.3, 0.4) is 0 Å². The molecule has 0 spiro atoms. The smallest absolute Gasteiger partial charge is 0.0604 e. The summed E-state index contributed by atoms with van der Waals surface area (Å²) in [4.78, 5) is 0. The van der Waals surface area contributed by atoms with E-state index in [0.717, 1.165) is 22.5 Å². The van der Waals surface area contributed by atoms with E-state index in [2.05, 4.69) is 5.32 Å². The van der Waals surface area contributed by atoms with E-state index in [1.807, 2.05) is 48.5 Å². The average molecular weight is 301 g/mol. The Morgan fingerprint density at radius 3 is 2.32 bits per heavy atom. The molecule has 0 aliphatic carbocycles. The Hall–Kier alpha value is -1.42. The molecule has 0 bridgehead atoms. The molecule has 2 aromatic carbocycles. The predicted molar refractivity (Wildman–Crippen MR) is 86.4 cm³/mol. The van der Waals surface area contributed by atoms with Gasteiger partial charge in [0.2, 0.25) is 0 Å². The van der Waals surface area contributed by atoms with Gasteiger partial charge in [0, 0.05) is 23.5 Å². The van der Waals surface area contributed by atoms with Gasteiger partial charge in [0.25, 0.3) is 0 Å². The third-order valence-corrected chi connectivity index (χ3v) is 2.56. The number of halogens is 2. The van der Waals surface area contributed by atoms with Crippen LogP contribution in [-0.4, -0.2) is 18.3 Å². The largest absolute Gasteiger partial charge is 0.399 e. The lowest BCUT2D eigenvalue weighted by Gasteiger charge is -2.12. The molecule has 0 aliphatic heterocycles. The summed E-state index contributed by atoms with van der Waals surface area (Å²) in [6.45, 7) is 0.641. The van der Waals surface area contributed by atoms with E-state index in [4.69, 9.17) is 10.8 Å². The summed E-state index contributed by atoms with van der Waals surface area (Å²) in [5.41, 5.74) is 9.70. The molecular weight excluding hydrogens is 283 g/mol. The molecule has 0 saturated carbocycles. The maximum absolute atomic E-state index is 8.86. The second-order valence-electron chi connectivity index (χ2n) is 3.82. The number of anilines is 2. The van der Waals surface area contributed by atoms with Gasteiger partial charge in [0.15, 0.2) is 0 Å². The van der Waals surface area contributed by atoms with Gasteiger partial charge >= 0.3 is 0 Å². The molecule has 0 atom stereocenters. The molecule has 0 unspecified atom stereocenters. The SMILES string of the molecule is Cl.Cl.Nc1ccc(NCCO)c(-c2ccccc2)c1. The van der Waals surface area contributed by atoms with Crippen molar-refractivity contribution in [2.75, 3.05) is 24.2 Å². The molecule has 19 heavy (non-hydrogen) atoms. The lowest BCUT2D eigenvalue weighted by atomic mass is 10.0. The van der Waals surface area contributed by atoms with Crippen molar-refractivity contribution in [3.8, 4) is 11.1 Å². The number of aliphatic hydroxyl groups is 1. The number of nitrogens with one attached hydrogen (secondary N) is 1. The lowest BCUT2D eigenvalue weighted by molar-refractivity contribution is 0.311. The first-order valence-electron chi connectivity index (χ1n) is 5.61. The van der Waals surface area contributed by atoms with Gasteiger partial charge in [0.05, 0.1) is 6.61 Å². The summed E-state index contributed by atoms with van der Waals surface area (Å²) in [6.07, 6.45) is 0. The molecule has 3 nitrogen and oxygen atoms in total.